The lowest BCUT2D eigenvalue weighted by Gasteiger charge is -2.11. The van der Waals surface area contributed by atoms with Crippen LogP contribution in [0.1, 0.15) is 13.8 Å². The smallest absolute Gasteiger partial charge is 0.239 e. The molecule has 152 valence electrons. The molecule has 0 aliphatic carbocycles. The molecule has 0 aliphatic rings. The fourth-order valence-corrected chi connectivity index (χ4v) is 4.50. The van der Waals surface area contributed by atoms with Gasteiger partial charge in [0.25, 0.3) is 0 Å². The van der Waals surface area contributed by atoms with Crippen LogP contribution in [0.2, 0.25) is 0 Å². The largest absolute Gasteiger partial charge is 0.302 e. The summed E-state index contributed by atoms with van der Waals surface area (Å²) in [5, 5.41) is 14.4. The molecule has 0 unspecified atom stereocenters. The molecule has 4 aromatic rings. The van der Waals surface area contributed by atoms with Crippen LogP contribution in [0.5, 0.6) is 0 Å². The van der Waals surface area contributed by atoms with Gasteiger partial charge in [0.05, 0.1) is 10.9 Å². The van der Waals surface area contributed by atoms with Gasteiger partial charge in [0.15, 0.2) is 16.1 Å². The van der Waals surface area contributed by atoms with Crippen molar-refractivity contribution in [3.8, 4) is 22.6 Å². The predicted octanol–water partition coefficient (Wildman–Crippen LogP) is 4.60. The topological polar surface area (TPSA) is 85.6 Å². The molecule has 1 N–H and O–H groups in total. The second kappa shape index (κ2) is 9.19. The second-order valence-electron chi connectivity index (χ2n) is 6.44. The van der Waals surface area contributed by atoms with Crippen molar-refractivity contribution in [2.45, 2.75) is 30.8 Å². The Morgan fingerprint density at radius 1 is 1.13 bits per heavy atom. The van der Waals surface area contributed by atoms with E-state index in [1.807, 2.05) is 66.3 Å². The molecule has 3 heterocycles. The minimum atomic E-state index is -0.353. The van der Waals surface area contributed by atoms with E-state index >= 15 is 0 Å². The minimum absolute atomic E-state index is 0.120. The van der Waals surface area contributed by atoms with Crippen molar-refractivity contribution in [2.24, 2.45) is 0 Å². The summed E-state index contributed by atoms with van der Waals surface area (Å²) in [6.07, 6.45) is 3.45. The lowest BCUT2D eigenvalue weighted by atomic mass is 10.2. The van der Waals surface area contributed by atoms with Crippen molar-refractivity contribution < 1.29 is 4.79 Å². The number of nitrogens with one attached hydrogen (secondary N) is 1. The highest BCUT2D eigenvalue weighted by molar-refractivity contribution is 8.00. The van der Waals surface area contributed by atoms with Crippen LogP contribution in [-0.4, -0.2) is 35.9 Å². The van der Waals surface area contributed by atoms with Gasteiger partial charge in [0, 0.05) is 35.4 Å². The van der Waals surface area contributed by atoms with Gasteiger partial charge in [-0.05, 0) is 26.0 Å². The fraction of sp³-hybridized carbons (Fsp3) is 0.190. The molecular formula is C21H20N6OS2. The minimum Gasteiger partial charge on any atom is -0.302 e. The van der Waals surface area contributed by atoms with Gasteiger partial charge in [-0.2, -0.15) is 0 Å². The van der Waals surface area contributed by atoms with E-state index in [4.69, 9.17) is 0 Å². The SMILES string of the molecule is CCn1c(S[C@H](C)C(=O)Nc2nc(-c3ccccc3)cs2)nnc1-c1ccncc1. The van der Waals surface area contributed by atoms with Gasteiger partial charge in [0.1, 0.15) is 0 Å². The van der Waals surface area contributed by atoms with Crippen LogP contribution in [0, 0.1) is 0 Å². The number of benzene rings is 1. The molecule has 3 aromatic heterocycles. The molecule has 0 saturated heterocycles. The van der Waals surface area contributed by atoms with Crippen LogP contribution in [-0.2, 0) is 11.3 Å². The highest BCUT2D eigenvalue weighted by Crippen LogP contribution is 2.28. The first-order chi connectivity index (χ1) is 14.7. The maximum absolute atomic E-state index is 12.7. The maximum atomic E-state index is 12.7. The molecule has 0 spiro atoms. The van der Waals surface area contributed by atoms with Gasteiger partial charge in [0.2, 0.25) is 5.91 Å². The summed E-state index contributed by atoms with van der Waals surface area (Å²) in [4.78, 5) is 21.3. The number of rotatable bonds is 7. The third-order valence-corrected chi connectivity index (χ3v) is 6.27. The Labute approximate surface area is 182 Å². The first-order valence-corrected chi connectivity index (χ1v) is 11.2. The highest BCUT2D eigenvalue weighted by atomic mass is 32.2. The number of thioether (sulfide) groups is 1. The van der Waals surface area contributed by atoms with E-state index in [9.17, 15) is 4.79 Å². The van der Waals surface area contributed by atoms with E-state index in [-0.39, 0.29) is 11.2 Å². The average Bonchev–Trinajstić information content (AvgIpc) is 3.41. The standard InChI is InChI=1S/C21H20N6OS2/c1-3-27-18(16-9-11-22-12-10-16)25-26-21(27)30-14(2)19(28)24-20-23-17(13-29-20)15-7-5-4-6-8-15/h4-14H,3H2,1-2H3,(H,23,24,28)/t14-/m1/s1. The Balaban J connectivity index is 1.44. The number of hydrogen-bond acceptors (Lipinski definition) is 7. The van der Waals surface area contributed by atoms with E-state index < -0.39 is 0 Å². The molecule has 7 nitrogen and oxygen atoms in total. The van der Waals surface area contributed by atoms with Crippen molar-refractivity contribution in [1.29, 1.82) is 0 Å². The van der Waals surface area contributed by atoms with E-state index in [0.29, 0.717) is 16.8 Å². The highest BCUT2D eigenvalue weighted by Gasteiger charge is 2.21. The number of pyridine rings is 1. The summed E-state index contributed by atoms with van der Waals surface area (Å²) in [5.74, 6) is 0.646. The number of thiazole rings is 1. The van der Waals surface area contributed by atoms with Crippen LogP contribution < -0.4 is 5.32 Å². The van der Waals surface area contributed by atoms with Crippen LogP contribution in [0.25, 0.3) is 22.6 Å². The number of nitrogens with zero attached hydrogens (tertiary/aromatic N) is 5. The second-order valence-corrected chi connectivity index (χ2v) is 8.61. The number of carbonyl (C=O) groups is 1. The van der Waals surface area contributed by atoms with Crippen LogP contribution >= 0.6 is 23.1 Å². The summed E-state index contributed by atoms with van der Waals surface area (Å²) in [5.41, 5.74) is 2.82. The van der Waals surface area contributed by atoms with Crippen molar-refractivity contribution in [3.05, 3.63) is 60.2 Å². The zero-order chi connectivity index (χ0) is 20.9. The molecule has 0 fully saturated rings. The zero-order valence-corrected chi connectivity index (χ0v) is 18.2. The van der Waals surface area contributed by atoms with Gasteiger partial charge in [-0.15, -0.1) is 21.5 Å². The maximum Gasteiger partial charge on any atom is 0.239 e. The zero-order valence-electron chi connectivity index (χ0n) is 16.5. The molecule has 1 aromatic carbocycles. The van der Waals surface area contributed by atoms with E-state index in [0.717, 1.165) is 22.6 Å². The number of hydrogen-bond donors (Lipinski definition) is 1. The molecule has 1 amide bonds. The first kappa shape index (κ1) is 20.2. The summed E-state index contributed by atoms with van der Waals surface area (Å²) >= 11 is 2.79. The van der Waals surface area contributed by atoms with Crippen molar-refractivity contribution >= 4 is 34.1 Å². The van der Waals surface area contributed by atoms with E-state index in [1.165, 1.54) is 23.1 Å². The van der Waals surface area contributed by atoms with Crippen molar-refractivity contribution in [3.63, 3.8) is 0 Å². The van der Waals surface area contributed by atoms with Crippen LogP contribution in [0.4, 0.5) is 5.13 Å². The summed E-state index contributed by atoms with van der Waals surface area (Å²) < 4.78 is 2.00. The van der Waals surface area contributed by atoms with Crippen molar-refractivity contribution in [1.82, 2.24) is 24.7 Å². The number of carbonyl (C=O) groups excluding carboxylic acids is 1. The molecular weight excluding hydrogens is 416 g/mol. The Hall–Kier alpha value is -3.04. The van der Waals surface area contributed by atoms with Gasteiger partial charge in [-0.1, -0.05) is 42.1 Å². The monoisotopic (exact) mass is 436 g/mol. The quantitative estimate of drug-likeness (QED) is 0.426. The van der Waals surface area contributed by atoms with Gasteiger partial charge < -0.3 is 9.88 Å². The summed E-state index contributed by atoms with van der Waals surface area (Å²) in [7, 11) is 0. The van der Waals surface area contributed by atoms with E-state index in [1.54, 1.807) is 12.4 Å². The van der Waals surface area contributed by atoms with Gasteiger partial charge in [-0.25, -0.2) is 4.98 Å². The van der Waals surface area contributed by atoms with E-state index in [2.05, 4.69) is 25.5 Å². The lowest BCUT2D eigenvalue weighted by Crippen LogP contribution is -2.22. The Morgan fingerprint density at radius 3 is 2.63 bits per heavy atom. The third kappa shape index (κ3) is 4.42. The Kier molecular flexibility index (Phi) is 6.20. The lowest BCUT2D eigenvalue weighted by molar-refractivity contribution is -0.115. The Bertz CT molecular complexity index is 1130. The molecule has 30 heavy (non-hydrogen) atoms. The van der Waals surface area contributed by atoms with Crippen LogP contribution in [0.3, 0.4) is 0 Å². The number of aromatic nitrogens is 5. The molecule has 0 aliphatic heterocycles. The predicted molar refractivity (Wildman–Crippen MR) is 120 cm³/mol. The van der Waals surface area contributed by atoms with Gasteiger partial charge >= 0.3 is 0 Å². The number of amides is 1. The molecule has 0 bridgehead atoms. The summed E-state index contributed by atoms with van der Waals surface area (Å²) in [6.45, 7) is 4.59. The normalized spacial score (nSPS) is 11.9. The molecule has 0 saturated carbocycles. The Morgan fingerprint density at radius 2 is 1.90 bits per heavy atom. The first-order valence-electron chi connectivity index (χ1n) is 9.47. The molecule has 4 rings (SSSR count). The molecule has 9 heteroatoms. The fourth-order valence-electron chi connectivity index (χ4n) is 2.87. The van der Waals surface area contributed by atoms with Gasteiger partial charge in [-0.3, -0.25) is 9.78 Å². The molecule has 0 radical (unpaired) electrons. The van der Waals surface area contributed by atoms with Crippen molar-refractivity contribution in [2.75, 3.05) is 5.32 Å². The average molecular weight is 437 g/mol. The number of anilines is 1. The third-order valence-electron chi connectivity index (χ3n) is 4.43. The summed E-state index contributed by atoms with van der Waals surface area (Å²) in [6, 6.07) is 13.7. The van der Waals surface area contributed by atoms with Crippen LogP contribution in [0.15, 0.2) is 65.4 Å². The molecule has 1 atom stereocenters.